The minimum absolute atomic E-state index is 0. The Bertz CT molecular complexity index is 675. The van der Waals surface area contributed by atoms with Crippen LogP contribution < -0.4 is 10.6 Å². The maximum Gasteiger partial charge on any atom is 0.225 e. The molecule has 1 amide bonds. The molecule has 140 valence electrons. The van der Waals surface area contributed by atoms with Crippen molar-refractivity contribution < 1.29 is 9.53 Å². The van der Waals surface area contributed by atoms with Gasteiger partial charge in [0, 0.05) is 39.8 Å². The van der Waals surface area contributed by atoms with Crippen molar-refractivity contribution in [3.05, 3.63) is 17.8 Å². The lowest BCUT2D eigenvalue weighted by atomic mass is 10.2. The van der Waals surface area contributed by atoms with E-state index in [0.29, 0.717) is 26.1 Å². The molecular weight excluding hydrogens is 385 g/mol. The number of thiophene rings is 1. The summed E-state index contributed by atoms with van der Waals surface area (Å²) in [4.78, 5) is 26.1. The first kappa shape index (κ1) is 21.9. The Labute approximate surface area is 163 Å². The van der Waals surface area contributed by atoms with Crippen molar-refractivity contribution in [1.29, 1.82) is 0 Å². The van der Waals surface area contributed by atoms with Crippen LogP contribution in [-0.2, 0) is 9.53 Å². The van der Waals surface area contributed by atoms with Gasteiger partial charge in [-0.25, -0.2) is 9.97 Å². The number of aromatic nitrogens is 2. The summed E-state index contributed by atoms with van der Waals surface area (Å²) in [7, 11) is 1.59. The zero-order valence-electron chi connectivity index (χ0n) is 14.0. The van der Waals surface area contributed by atoms with Gasteiger partial charge in [0.2, 0.25) is 5.91 Å². The van der Waals surface area contributed by atoms with Crippen molar-refractivity contribution in [2.75, 3.05) is 44.7 Å². The Morgan fingerprint density at radius 2 is 2.04 bits per heavy atom. The molecule has 2 N–H and O–H groups in total. The Kier molecular flexibility index (Phi) is 8.81. The minimum Gasteiger partial charge on any atom is -0.380 e. The fourth-order valence-electron chi connectivity index (χ4n) is 2.78. The van der Waals surface area contributed by atoms with E-state index in [0.717, 1.165) is 29.1 Å². The summed E-state index contributed by atoms with van der Waals surface area (Å²) in [6.07, 6.45) is 1.75. The van der Waals surface area contributed by atoms with Gasteiger partial charge in [-0.2, -0.15) is 0 Å². The number of hydrogen-bond donors (Lipinski definition) is 1. The third-order valence-corrected chi connectivity index (χ3v) is 4.99. The number of hydrogen-bond acceptors (Lipinski definition) is 7. The molecule has 1 saturated heterocycles. The third-order valence-electron chi connectivity index (χ3n) is 4.17. The Hall–Kier alpha value is -1.19. The number of halogens is 2. The first-order chi connectivity index (χ1) is 11.2. The quantitative estimate of drug-likeness (QED) is 0.808. The topological polar surface area (TPSA) is 84.6 Å². The monoisotopic (exact) mass is 407 g/mol. The van der Waals surface area contributed by atoms with Crippen molar-refractivity contribution in [2.45, 2.75) is 12.5 Å². The van der Waals surface area contributed by atoms with E-state index >= 15 is 0 Å². The van der Waals surface area contributed by atoms with E-state index in [1.807, 2.05) is 10.3 Å². The fourth-order valence-corrected chi connectivity index (χ4v) is 3.51. The zero-order chi connectivity index (χ0) is 16.2. The number of ether oxygens (including phenoxy) is 1. The lowest BCUT2D eigenvalue weighted by Crippen LogP contribution is -2.50. The van der Waals surface area contributed by atoms with Crippen molar-refractivity contribution >= 4 is 58.1 Å². The van der Waals surface area contributed by atoms with Crippen LogP contribution in [0.15, 0.2) is 17.8 Å². The molecule has 0 radical (unpaired) electrons. The van der Waals surface area contributed by atoms with Crippen LogP contribution in [0.25, 0.3) is 10.2 Å². The van der Waals surface area contributed by atoms with Crippen LogP contribution in [-0.4, -0.2) is 66.7 Å². The van der Waals surface area contributed by atoms with Gasteiger partial charge in [0.05, 0.1) is 17.9 Å². The van der Waals surface area contributed by atoms with Crippen molar-refractivity contribution in [1.82, 2.24) is 14.9 Å². The molecule has 3 heterocycles. The van der Waals surface area contributed by atoms with E-state index in [9.17, 15) is 4.79 Å². The van der Waals surface area contributed by atoms with Crippen LogP contribution in [0.1, 0.15) is 6.42 Å². The molecule has 1 aliphatic rings. The maximum atomic E-state index is 12.3. The Morgan fingerprint density at radius 1 is 1.32 bits per heavy atom. The number of carbonyl (C=O) groups excluding carboxylic acids is 1. The van der Waals surface area contributed by atoms with Crippen LogP contribution >= 0.6 is 36.2 Å². The normalized spacial score (nSPS) is 15.4. The first-order valence-electron chi connectivity index (χ1n) is 7.66. The van der Waals surface area contributed by atoms with Gasteiger partial charge in [-0.3, -0.25) is 4.79 Å². The standard InChI is InChI=1S/C15H21N5O2S.2ClH/c1-22-11(9-16)8-13(21)19-3-5-20(6-4-19)14-12-2-7-23-15(12)18-10-17-14;;/h2,7,10-11H,3-6,8-9,16H2,1H3;2*1H. The SMILES string of the molecule is COC(CN)CC(=O)N1CCN(c2ncnc3sccc23)CC1.Cl.Cl. The van der Waals surface area contributed by atoms with Gasteiger partial charge >= 0.3 is 0 Å². The average Bonchev–Trinajstić information content (AvgIpc) is 3.08. The molecule has 3 rings (SSSR count). The highest BCUT2D eigenvalue weighted by molar-refractivity contribution is 7.16. The predicted molar refractivity (Wildman–Crippen MR) is 105 cm³/mol. The van der Waals surface area contributed by atoms with Crippen molar-refractivity contribution in [3.8, 4) is 0 Å². The zero-order valence-corrected chi connectivity index (χ0v) is 16.4. The molecule has 10 heteroatoms. The van der Waals surface area contributed by atoms with Crippen molar-refractivity contribution in [3.63, 3.8) is 0 Å². The number of nitrogens with zero attached hydrogens (tertiary/aromatic N) is 4. The van der Waals surface area contributed by atoms with Crippen LogP contribution in [0.5, 0.6) is 0 Å². The fraction of sp³-hybridized carbons (Fsp3) is 0.533. The molecule has 25 heavy (non-hydrogen) atoms. The lowest BCUT2D eigenvalue weighted by Gasteiger charge is -2.36. The molecule has 7 nitrogen and oxygen atoms in total. The molecule has 1 unspecified atom stereocenters. The smallest absolute Gasteiger partial charge is 0.225 e. The molecule has 1 fully saturated rings. The molecule has 2 aromatic heterocycles. The number of amides is 1. The van der Waals surface area contributed by atoms with E-state index in [-0.39, 0.29) is 36.8 Å². The molecule has 0 bridgehead atoms. The van der Waals surface area contributed by atoms with E-state index in [1.54, 1.807) is 24.8 Å². The highest BCUT2D eigenvalue weighted by Crippen LogP contribution is 2.27. The van der Waals surface area contributed by atoms with Gasteiger partial charge in [0.15, 0.2) is 0 Å². The number of fused-ring (bicyclic) bond motifs is 1. The van der Waals surface area contributed by atoms with E-state index in [4.69, 9.17) is 10.5 Å². The molecule has 0 aromatic carbocycles. The molecule has 1 aliphatic heterocycles. The first-order valence-corrected chi connectivity index (χ1v) is 8.54. The highest BCUT2D eigenvalue weighted by atomic mass is 35.5. The van der Waals surface area contributed by atoms with Gasteiger partial charge in [0.1, 0.15) is 17.0 Å². The van der Waals surface area contributed by atoms with Gasteiger partial charge in [-0.15, -0.1) is 36.2 Å². The molecule has 1 atom stereocenters. The van der Waals surface area contributed by atoms with Crippen LogP contribution in [0.4, 0.5) is 5.82 Å². The minimum atomic E-state index is -0.201. The number of anilines is 1. The highest BCUT2D eigenvalue weighted by Gasteiger charge is 2.24. The summed E-state index contributed by atoms with van der Waals surface area (Å²) in [5, 5.41) is 3.11. The lowest BCUT2D eigenvalue weighted by molar-refractivity contribution is -0.133. The van der Waals surface area contributed by atoms with Gasteiger partial charge in [0.25, 0.3) is 0 Å². The summed E-state index contributed by atoms with van der Waals surface area (Å²) >= 11 is 1.61. The number of methoxy groups -OCH3 is 1. The van der Waals surface area contributed by atoms with Crippen LogP contribution in [0.2, 0.25) is 0 Å². The summed E-state index contributed by atoms with van der Waals surface area (Å²) in [6.45, 7) is 3.28. The van der Waals surface area contributed by atoms with E-state index in [2.05, 4.69) is 20.9 Å². The second kappa shape index (κ2) is 10.1. The molecule has 0 spiro atoms. The van der Waals surface area contributed by atoms with E-state index in [1.165, 1.54) is 0 Å². The van der Waals surface area contributed by atoms with Crippen molar-refractivity contribution in [2.24, 2.45) is 5.73 Å². The number of rotatable bonds is 5. The molecular formula is C15H23Cl2N5O2S. The summed E-state index contributed by atoms with van der Waals surface area (Å²) < 4.78 is 5.19. The number of carbonyl (C=O) groups is 1. The summed E-state index contributed by atoms with van der Waals surface area (Å²) in [6, 6.07) is 2.05. The largest absolute Gasteiger partial charge is 0.380 e. The summed E-state index contributed by atoms with van der Waals surface area (Å²) in [5.74, 6) is 1.06. The molecule has 2 aromatic rings. The Balaban J connectivity index is 0.00000156. The maximum absolute atomic E-state index is 12.3. The van der Waals surface area contributed by atoms with E-state index < -0.39 is 0 Å². The van der Waals surface area contributed by atoms with Gasteiger partial charge in [-0.05, 0) is 11.4 Å². The van der Waals surface area contributed by atoms with Crippen LogP contribution in [0.3, 0.4) is 0 Å². The third kappa shape index (κ3) is 4.92. The second-order valence-electron chi connectivity index (χ2n) is 5.50. The summed E-state index contributed by atoms with van der Waals surface area (Å²) in [5.41, 5.74) is 5.58. The van der Waals surface area contributed by atoms with Crippen LogP contribution in [0, 0.1) is 0 Å². The second-order valence-corrected chi connectivity index (χ2v) is 6.40. The predicted octanol–water partition coefficient (Wildman–Crippen LogP) is 1.55. The average molecular weight is 408 g/mol. The van der Waals surface area contributed by atoms with Gasteiger partial charge in [-0.1, -0.05) is 0 Å². The molecule has 0 saturated carbocycles. The van der Waals surface area contributed by atoms with Gasteiger partial charge < -0.3 is 20.3 Å². The Morgan fingerprint density at radius 3 is 2.68 bits per heavy atom. The number of piperazine rings is 1. The molecule has 0 aliphatic carbocycles. The number of nitrogens with two attached hydrogens (primary N) is 1.